The fourth-order valence-corrected chi connectivity index (χ4v) is 5.63. The number of fused-ring (bicyclic) bond motifs is 1. The van der Waals surface area contributed by atoms with Gasteiger partial charge in [-0.3, -0.25) is 9.59 Å². The predicted molar refractivity (Wildman–Crippen MR) is 116 cm³/mol. The molecule has 0 spiro atoms. The molecule has 7 nitrogen and oxygen atoms in total. The van der Waals surface area contributed by atoms with Crippen LogP contribution in [0.15, 0.2) is 39.7 Å². The molecule has 1 aliphatic carbocycles. The Morgan fingerprint density at radius 3 is 2.49 bits per heavy atom. The highest BCUT2D eigenvalue weighted by atomic mass is 19.4. The Bertz CT molecular complexity index is 1070. The summed E-state index contributed by atoms with van der Waals surface area (Å²) in [4.78, 5) is 29.5. The third kappa shape index (κ3) is 5.18. The number of allylic oxidation sites excluding steroid dienone is 1. The van der Waals surface area contributed by atoms with Crippen LogP contribution in [-0.4, -0.2) is 60.7 Å². The van der Waals surface area contributed by atoms with E-state index in [1.54, 1.807) is 4.90 Å². The average molecular weight is 494 g/mol. The molecule has 2 fully saturated rings. The van der Waals surface area contributed by atoms with Crippen LogP contribution in [0.4, 0.5) is 17.6 Å². The van der Waals surface area contributed by atoms with Gasteiger partial charge in [-0.1, -0.05) is 6.07 Å². The summed E-state index contributed by atoms with van der Waals surface area (Å²) in [5.41, 5.74) is 2.40. The van der Waals surface area contributed by atoms with E-state index in [2.05, 4.69) is 15.0 Å². The van der Waals surface area contributed by atoms with Gasteiger partial charge in [-0.2, -0.15) is 10.2 Å². The van der Waals surface area contributed by atoms with Crippen molar-refractivity contribution in [2.75, 3.05) is 32.7 Å². The molecule has 4 aliphatic rings. The van der Waals surface area contributed by atoms with Crippen molar-refractivity contribution in [3.8, 4) is 5.75 Å². The van der Waals surface area contributed by atoms with Crippen LogP contribution in [-0.2, 0) is 16.0 Å². The Morgan fingerprint density at radius 2 is 1.80 bits per heavy atom. The molecule has 0 unspecified atom stereocenters. The van der Waals surface area contributed by atoms with E-state index in [1.165, 1.54) is 11.6 Å². The fraction of sp³-hybridized carbons (Fsp3) is 0.583. The van der Waals surface area contributed by atoms with Gasteiger partial charge in [-0.15, -0.1) is 13.2 Å². The number of halogens is 4. The maximum atomic E-state index is 14.2. The highest BCUT2D eigenvalue weighted by Crippen LogP contribution is 2.37. The first-order chi connectivity index (χ1) is 16.7. The SMILES string of the molecule is O=C(CCc1ccc(OC(F)(F)F)cc1F)N1C[C@@H]2CN(C(=O)[C@@H]3CCC4=C(C3)N=NC4)C[C@H]2C1. The minimum Gasteiger partial charge on any atom is -0.406 e. The van der Waals surface area contributed by atoms with E-state index in [0.717, 1.165) is 24.6 Å². The van der Waals surface area contributed by atoms with E-state index in [1.807, 2.05) is 4.90 Å². The fourth-order valence-electron chi connectivity index (χ4n) is 5.63. The van der Waals surface area contributed by atoms with Gasteiger partial charge in [0.15, 0.2) is 0 Å². The third-order valence-corrected chi connectivity index (χ3v) is 7.46. The number of amides is 2. The molecule has 188 valence electrons. The zero-order chi connectivity index (χ0) is 24.7. The summed E-state index contributed by atoms with van der Waals surface area (Å²) in [5, 5.41) is 8.25. The van der Waals surface area contributed by atoms with Crippen molar-refractivity contribution in [3.63, 3.8) is 0 Å². The molecule has 11 heteroatoms. The number of benzene rings is 1. The van der Waals surface area contributed by atoms with E-state index in [4.69, 9.17) is 0 Å². The van der Waals surface area contributed by atoms with Crippen molar-refractivity contribution >= 4 is 11.8 Å². The highest BCUT2D eigenvalue weighted by molar-refractivity contribution is 5.80. The molecule has 0 bridgehead atoms. The summed E-state index contributed by atoms with van der Waals surface area (Å²) < 4.78 is 54.7. The van der Waals surface area contributed by atoms with Crippen molar-refractivity contribution in [2.45, 2.75) is 38.5 Å². The number of nitrogens with zero attached hydrogens (tertiary/aromatic N) is 4. The van der Waals surface area contributed by atoms with Gasteiger partial charge in [0.2, 0.25) is 11.8 Å². The molecule has 3 atom stereocenters. The van der Waals surface area contributed by atoms with E-state index in [0.29, 0.717) is 45.2 Å². The Balaban J connectivity index is 1.09. The quantitative estimate of drug-likeness (QED) is 0.579. The average Bonchev–Trinajstić information content (AvgIpc) is 3.51. The van der Waals surface area contributed by atoms with E-state index < -0.39 is 17.9 Å². The van der Waals surface area contributed by atoms with Gasteiger partial charge in [-0.05, 0) is 36.5 Å². The van der Waals surface area contributed by atoms with Gasteiger partial charge < -0.3 is 14.5 Å². The Hall–Kier alpha value is -2.98. The number of alkyl halides is 3. The van der Waals surface area contributed by atoms with Crippen molar-refractivity contribution in [1.29, 1.82) is 0 Å². The van der Waals surface area contributed by atoms with Gasteiger partial charge >= 0.3 is 6.36 Å². The number of likely N-dealkylation sites (tertiary alicyclic amines) is 2. The number of ether oxygens (including phenoxy) is 1. The second kappa shape index (κ2) is 9.23. The van der Waals surface area contributed by atoms with E-state index >= 15 is 0 Å². The summed E-state index contributed by atoms with van der Waals surface area (Å²) in [6, 6.07) is 2.93. The molecule has 0 N–H and O–H groups in total. The van der Waals surface area contributed by atoms with Crippen molar-refractivity contribution in [1.82, 2.24) is 9.80 Å². The maximum absolute atomic E-state index is 14.2. The number of hydrogen-bond donors (Lipinski definition) is 0. The summed E-state index contributed by atoms with van der Waals surface area (Å²) in [6.45, 7) is 3.04. The molecule has 3 aliphatic heterocycles. The minimum atomic E-state index is -4.89. The molecule has 1 aromatic rings. The molecular weight excluding hydrogens is 468 g/mol. The smallest absolute Gasteiger partial charge is 0.406 e. The van der Waals surface area contributed by atoms with Crippen LogP contribution in [0.25, 0.3) is 0 Å². The van der Waals surface area contributed by atoms with Gasteiger partial charge in [-0.25, -0.2) is 4.39 Å². The topological polar surface area (TPSA) is 74.6 Å². The standard InChI is InChI=1S/C24H26F4N4O3/c25-20-8-19(35-24(26,27)28)5-3-14(20)4-6-22(33)31-10-17-12-32(13-18(17)11-31)23(34)15-1-2-16-9-29-30-21(16)7-15/h3,5,8,15,17-18H,1-2,4,6-7,9-13H2/t15-,17-,18-/m1/s1. The van der Waals surface area contributed by atoms with E-state index in [-0.39, 0.29) is 48.0 Å². The normalized spacial score (nSPS) is 25.8. The number of azo groups is 1. The lowest BCUT2D eigenvalue weighted by atomic mass is 9.87. The van der Waals surface area contributed by atoms with Crippen molar-refractivity contribution < 1.29 is 31.9 Å². The molecule has 2 saturated heterocycles. The first kappa shape index (κ1) is 23.7. The molecule has 1 aromatic carbocycles. The molecule has 3 heterocycles. The summed E-state index contributed by atoms with van der Waals surface area (Å²) in [5.74, 6) is -1.02. The van der Waals surface area contributed by atoms with Gasteiger partial charge in [0.25, 0.3) is 0 Å². The molecular formula is C24H26F4N4O3. The molecule has 0 aromatic heterocycles. The van der Waals surface area contributed by atoms with Crippen LogP contribution in [0.3, 0.4) is 0 Å². The Labute approximate surface area is 199 Å². The molecule has 35 heavy (non-hydrogen) atoms. The molecule has 0 radical (unpaired) electrons. The summed E-state index contributed by atoms with van der Waals surface area (Å²) >= 11 is 0. The summed E-state index contributed by atoms with van der Waals surface area (Å²) in [7, 11) is 0. The number of hydrogen-bond acceptors (Lipinski definition) is 5. The Morgan fingerprint density at radius 1 is 1.09 bits per heavy atom. The van der Waals surface area contributed by atoms with Crippen molar-refractivity contribution in [2.24, 2.45) is 28.0 Å². The zero-order valence-electron chi connectivity index (χ0n) is 19.1. The first-order valence-electron chi connectivity index (χ1n) is 11.9. The van der Waals surface area contributed by atoms with Crippen LogP contribution < -0.4 is 4.74 Å². The molecule has 5 rings (SSSR count). The van der Waals surface area contributed by atoms with Crippen LogP contribution in [0, 0.1) is 23.6 Å². The Kier molecular flexibility index (Phi) is 6.27. The van der Waals surface area contributed by atoms with Gasteiger partial charge in [0.05, 0.1) is 12.2 Å². The van der Waals surface area contributed by atoms with Gasteiger partial charge in [0.1, 0.15) is 11.6 Å². The van der Waals surface area contributed by atoms with Gasteiger partial charge in [0, 0.05) is 62.8 Å². The monoisotopic (exact) mass is 494 g/mol. The lowest BCUT2D eigenvalue weighted by Crippen LogP contribution is -2.39. The second-order valence-electron chi connectivity index (χ2n) is 9.75. The predicted octanol–water partition coefficient (Wildman–Crippen LogP) is 4.09. The maximum Gasteiger partial charge on any atom is 0.573 e. The van der Waals surface area contributed by atoms with Crippen LogP contribution in [0.5, 0.6) is 5.75 Å². The first-order valence-corrected chi connectivity index (χ1v) is 11.9. The molecule has 2 amide bonds. The largest absolute Gasteiger partial charge is 0.573 e. The van der Waals surface area contributed by atoms with E-state index in [9.17, 15) is 27.2 Å². The lowest BCUT2D eigenvalue weighted by molar-refractivity contribution is -0.274. The zero-order valence-corrected chi connectivity index (χ0v) is 19.1. The number of aryl methyl sites for hydroxylation is 1. The summed E-state index contributed by atoms with van der Waals surface area (Å²) in [6.07, 6.45) is -2.37. The lowest BCUT2D eigenvalue weighted by Gasteiger charge is -2.28. The third-order valence-electron chi connectivity index (χ3n) is 7.46. The number of carbonyl (C=O) groups is 2. The second-order valence-corrected chi connectivity index (χ2v) is 9.75. The van der Waals surface area contributed by atoms with Crippen LogP contribution in [0.2, 0.25) is 0 Å². The van der Waals surface area contributed by atoms with Crippen LogP contribution >= 0.6 is 0 Å². The minimum absolute atomic E-state index is 0.0508. The number of carbonyl (C=O) groups excluding carboxylic acids is 2. The van der Waals surface area contributed by atoms with Crippen molar-refractivity contribution in [3.05, 3.63) is 40.8 Å². The highest BCUT2D eigenvalue weighted by Gasteiger charge is 2.44. The molecule has 0 saturated carbocycles. The van der Waals surface area contributed by atoms with Crippen LogP contribution in [0.1, 0.15) is 31.2 Å². The number of rotatable bonds is 5.